The number of sulfonamides is 1. The highest BCUT2D eigenvalue weighted by Gasteiger charge is 2.23. The average Bonchev–Trinajstić information content (AvgIpc) is 2.86. The van der Waals surface area contributed by atoms with Gasteiger partial charge in [-0.05, 0) is 31.5 Å². The molecule has 106 valence electrons. The Kier molecular flexibility index (Phi) is 3.84. The first-order valence-electron chi connectivity index (χ1n) is 5.96. The summed E-state index contributed by atoms with van der Waals surface area (Å²) in [6.07, 6.45) is 2.80. The standard InChI is InChI=1S/C12H14N4O3S/c1-3-16-10(6-8-14-16)11(17)15-20(18,19)12-9(2)5-4-7-13-12/h4-8H,3H2,1-2H3,(H,15,17). The minimum Gasteiger partial charge on any atom is -0.266 e. The summed E-state index contributed by atoms with van der Waals surface area (Å²) in [5, 5.41) is 3.76. The van der Waals surface area contributed by atoms with Crippen molar-refractivity contribution in [3.05, 3.63) is 41.9 Å². The van der Waals surface area contributed by atoms with E-state index in [1.807, 2.05) is 4.72 Å². The van der Waals surface area contributed by atoms with Crippen molar-refractivity contribution in [1.29, 1.82) is 0 Å². The third-order valence-electron chi connectivity index (χ3n) is 2.69. The Morgan fingerprint density at radius 3 is 2.75 bits per heavy atom. The van der Waals surface area contributed by atoms with E-state index >= 15 is 0 Å². The molecule has 7 nitrogen and oxygen atoms in total. The Hall–Kier alpha value is -2.22. The number of aromatic nitrogens is 3. The molecular formula is C12H14N4O3S. The molecule has 0 aliphatic heterocycles. The zero-order valence-corrected chi connectivity index (χ0v) is 11.9. The smallest absolute Gasteiger partial charge is 0.266 e. The van der Waals surface area contributed by atoms with E-state index < -0.39 is 15.9 Å². The van der Waals surface area contributed by atoms with E-state index in [0.29, 0.717) is 12.1 Å². The molecule has 2 heterocycles. The third-order valence-corrected chi connectivity index (χ3v) is 4.08. The molecule has 2 aromatic heterocycles. The number of pyridine rings is 1. The molecule has 0 radical (unpaired) electrons. The predicted octanol–water partition coefficient (Wildman–Crippen LogP) is 0.725. The van der Waals surface area contributed by atoms with Gasteiger partial charge in [0.05, 0.1) is 0 Å². The highest BCUT2D eigenvalue weighted by atomic mass is 32.2. The normalized spacial score (nSPS) is 11.3. The van der Waals surface area contributed by atoms with Gasteiger partial charge in [-0.3, -0.25) is 9.48 Å². The number of nitrogens with zero attached hydrogens (tertiary/aromatic N) is 3. The fraction of sp³-hybridized carbons (Fsp3) is 0.250. The van der Waals surface area contributed by atoms with E-state index in [1.54, 1.807) is 26.0 Å². The molecule has 0 aromatic carbocycles. The second kappa shape index (κ2) is 5.41. The zero-order chi connectivity index (χ0) is 14.8. The number of carbonyl (C=O) groups excluding carboxylic acids is 1. The van der Waals surface area contributed by atoms with Crippen LogP contribution in [0, 0.1) is 6.92 Å². The van der Waals surface area contributed by atoms with Crippen molar-refractivity contribution < 1.29 is 13.2 Å². The summed E-state index contributed by atoms with van der Waals surface area (Å²) in [7, 11) is -3.99. The van der Waals surface area contributed by atoms with E-state index in [0.717, 1.165) is 0 Å². The molecule has 2 rings (SSSR count). The summed E-state index contributed by atoms with van der Waals surface area (Å²) in [5.41, 5.74) is 0.654. The maximum atomic E-state index is 12.1. The second-order valence-corrected chi connectivity index (χ2v) is 5.69. The highest BCUT2D eigenvalue weighted by molar-refractivity contribution is 7.90. The lowest BCUT2D eigenvalue weighted by Gasteiger charge is -2.08. The first-order valence-corrected chi connectivity index (χ1v) is 7.44. The maximum absolute atomic E-state index is 12.1. The predicted molar refractivity (Wildman–Crippen MR) is 71.5 cm³/mol. The molecule has 0 atom stereocenters. The second-order valence-electron chi connectivity index (χ2n) is 4.09. The summed E-state index contributed by atoms with van der Waals surface area (Å²) < 4.78 is 27.7. The van der Waals surface area contributed by atoms with Gasteiger partial charge in [-0.15, -0.1) is 0 Å². The van der Waals surface area contributed by atoms with Crippen LogP contribution in [0.2, 0.25) is 0 Å². The number of rotatable bonds is 4. The van der Waals surface area contributed by atoms with E-state index in [2.05, 4.69) is 10.1 Å². The minimum atomic E-state index is -3.99. The summed E-state index contributed by atoms with van der Waals surface area (Å²) in [6, 6.07) is 4.70. The maximum Gasteiger partial charge on any atom is 0.283 e. The molecule has 8 heteroatoms. The van der Waals surface area contributed by atoms with E-state index in [4.69, 9.17) is 0 Å². The molecule has 0 unspecified atom stereocenters. The number of aryl methyl sites for hydroxylation is 2. The SMILES string of the molecule is CCn1nccc1C(=O)NS(=O)(=O)c1ncccc1C. The Labute approximate surface area is 116 Å². The average molecular weight is 294 g/mol. The number of hydrogen-bond acceptors (Lipinski definition) is 5. The van der Waals surface area contributed by atoms with Crippen molar-refractivity contribution in [1.82, 2.24) is 19.5 Å². The van der Waals surface area contributed by atoms with Crippen LogP contribution in [0.1, 0.15) is 23.0 Å². The van der Waals surface area contributed by atoms with Crippen molar-refractivity contribution in [2.24, 2.45) is 0 Å². The van der Waals surface area contributed by atoms with E-state index in [1.165, 1.54) is 23.1 Å². The van der Waals surface area contributed by atoms with Gasteiger partial charge in [0.15, 0.2) is 5.03 Å². The van der Waals surface area contributed by atoms with Crippen molar-refractivity contribution in [3.8, 4) is 0 Å². The van der Waals surface area contributed by atoms with Crippen LogP contribution in [0.3, 0.4) is 0 Å². The lowest BCUT2D eigenvalue weighted by Crippen LogP contribution is -2.33. The summed E-state index contributed by atoms with van der Waals surface area (Å²) >= 11 is 0. The van der Waals surface area contributed by atoms with Crippen LogP contribution in [-0.2, 0) is 16.6 Å². The highest BCUT2D eigenvalue weighted by Crippen LogP contribution is 2.11. The van der Waals surface area contributed by atoms with Gasteiger partial charge < -0.3 is 0 Å². The number of amides is 1. The Bertz CT molecular complexity index is 737. The lowest BCUT2D eigenvalue weighted by molar-refractivity contribution is 0.0971. The van der Waals surface area contributed by atoms with Gasteiger partial charge in [-0.1, -0.05) is 6.07 Å². The van der Waals surface area contributed by atoms with Crippen LogP contribution in [0.5, 0.6) is 0 Å². The van der Waals surface area contributed by atoms with Crippen LogP contribution in [-0.4, -0.2) is 29.1 Å². The molecule has 0 bridgehead atoms. The van der Waals surface area contributed by atoms with Crippen LogP contribution in [0.15, 0.2) is 35.6 Å². The summed E-state index contributed by atoms with van der Waals surface area (Å²) in [5.74, 6) is -0.727. The lowest BCUT2D eigenvalue weighted by atomic mass is 10.3. The van der Waals surface area contributed by atoms with Gasteiger partial charge >= 0.3 is 0 Å². The topological polar surface area (TPSA) is 94.0 Å². The molecule has 0 fully saturated rings. The monoisotopic (exact) mass is 294 g/mol. The number of carbonyl (C=O) groups is 1. The van der Waals surface area contributed by atoms with Gasteiger partial charge in [-0.25, -0.2) is 9.71 Å². The van der Waals surface area contributed by atoms with Gasteiger partial charge in [0.2, 0.25) is 0 Å². The molecule has 2 aromatic rings. The Balaban J connectivity index is 2.30. The first kappa shape index (κ1) is 14.2. The number of hydrogen-bond donors (Lipinski definition) is 1. The van der Waals surface area contributed by atoms with E-state index in [9.17, 15) is 13.2 Å². The summed E-state index contributed by atoms with van der Waals surface area (Å²) in [6.45, 7) is 3.89. The molecule has 1 N–H and O–H groups in total. The minimum absolute atomic E-state index is 0.157. The molecule has 0 saturated carbocycles. The van der Waals surface area contributed by atoms with Crippen LogP contribution >= 0.6 is 0 Å². The number of nitrogens with one attached hydrogen (secondary N) is 1. The molecule has 0 saturated heterocycles. The zero-order valence-electron chi connectivity index (χ0n) is 11.1. The Morgan fingerprint density at radius 2 is 2.10 bits per heavy atom. The summed E-state index contributed by atoms with van der Waals surface area (Å²) in [4.78, 5) is 15.8. The quantitative estimate of drug-likeness (QED) is 0.897. The van der Waals surface area contributed by atoms with Crippen LogP contribution in [0.25, 0.3) is 0 Å². The first-order chi connectivity index (χ1) is 9.45. The molecule has 0 aliphatic rings. The molecular weight excluding hydrogens is 280 g/mol. The van der Waals surface area contributed by atoms with Gasteiger partial charge in [0.25, 0.3) is 15.9 Å². The van der Waals surface area contributed by atoms with Crippen molar-refractivity contribution >= 4 is 15.9 Å². The van der Waals surface area contributed by atoms with Crippen molar-refractivity contribution in [3.63, 3.8) is 0 Å². The van der Waals surface area contributed by atoms with Gasteiger partial charge in [-0.2, -0.15) is 13.5 Å². The van der Waals surface area contributed by atoms with Crippen molar-refractivity contribution in [2.45, 2.75) is 25.4 Å². The molecule has 20 heavy (non-hydrogen) atoms. The molecule has 0 aliphatic carbocycles. The molecule has 1 amide bonds. The largest absolute Gasteiger partial charge is 0.283 e. The van der Waals surface area contributed by atoms with Gasteiger partial charge in [0, 0.05) is 18.9 Å². The van der Waals surface area contributed by atoms with E-state index in [-0.39, 0.29) is 10.7 Å². The van der Waals surface area contributed by atoms with Crippen LogP contribution < -0.4 is 4.72 Å². The van der Waals surface area contributed by atoms with Crippen molar-refractivity contribution in [2.75, 3.05) is 0 Å². The Morgan fingerprint density at radius 1 is 1.35 bits per heavy atom. The van der Waals surface area contributed by atoms with Gasteiger partial charge in [0.1, 0.15) is 5.69 Å². The van der Waals surface area contributed by atoms with Crippen LogP contribution in [0.4, 0.5) is 0 Å². The third kappa shape index (κ3) is 2.69. The molecule has 0 spiro atoms. The fourth-order valence-electron chi connectivity index (χ4n) is 1.75. The fourth-order valence-corrected chi connectivity index (χ4v) is 2.89.